The Morgan fingerprint density at radius 2 is 1.57 bits per heavy atom. The minimum Gasteiger partial charge on any atom is -0.464 e. The van der Waals surface area contributed by atoms with E-state index in [9.17, 15) is 34.7 Å². The Morgan fingerprint density at radius 3 is 2.09 bits per heavy atom. The minimum atomic E-state index is -4.40. The first-order chi connectivity index (χ1) is 10.7. The van der Waals surface area contributed by atoms with Crippen molar-refractivity contribution in [2.75, 3.05) is 19.8 Å². The van der Waals surface area contributed by atoms with Gasteiger partial charge >= 0.3 is 13.8 Å². The molecule has 0 fully saturated rings. The van der Waals surface area contributed by atoms with Gasteiger partial charge in [-0.3, -0.25) is 9.05 Å². The number of hydrogen-bond acceptors (Lipinski definition) is 9. The molecule has 23 heavy (non-hydrogen) atoms. The molecule has 11 heteroatoms. The zero-order valence-corrected chi connectivity index (χ0v) is 14.0. The number of esters is 1. The second-order valence-electron chi connectivity index (χ2n) is 4.76. The zero-order valence-electron chi connectivity index (χ0n) is 13.1. The quantitative estimate of drug-likeness (QED) is 0.214. The Morgan fingerprint density at radius 1 is 1.00 bits per heavy atom. The lowest BCUT2D eigenvalue weighted by atomic mass is 10.0. The van der Waals surface area contributed by atoms with E-state index in [0.717, 1.165) is 0 Å². The van der Waals surface area contributed by atoms with Crippen molar-refractivity contribution in [2.45, 2.75) is 51.1 Å². The molecule has 0 aromatic carbocycles. The highest BCUT2D eigenvalue weighted by atomic mass is 31.2. The van der Waals surface area contributed by atoms with Crippen molar-refractivity contribution in [1.29, 1.82) is 0 Å². The molecule has 0 aliphatic heterocycles. The van der Waals surface area contributed by atoms with E-state index in [4.69, 9.17) is 0 Å². The van der Waals surface area contributed by atoms with Crippen molar-refractivity contribution in [3.8, 4) is 0 Å². The molecule has 0 aromatic heterocycles. The number of phosphoric ester groups is 1. The summed E-state index contributed by atoms with van der Waals surface area (Å²) in [5.41, 5.74) is 0. The highest BCUT2D eigenvalue weighted by Crippen LogP contribution is 2.43. The molecule has 0 radical (unpaired) electrons. The van der Waals surface area contributed by atoms with E-state index in [0.29, 0.717) is 12.8 Å². The topological polar surface area (TPSA) is 163 Å². The van der Waals surface area contributed by atoms with Gasteiger partial charge in [0, 0.05) is 0 Å². The van der Waals surface area contributed by atoms with Crippen LogP contribution in [0, 0.1) is 0 Å². The molecule has 0 rings (SSSR count). The van der Waals surface area contributed by atoms with Crippen LogP contribution in [0.15, 0.2) is 0 Å². The van der Waals surface area contributed by atoms with E-state index < -0.39 is 44.8 Å². The molecule has 5 atom stereocenters. The number of ether oxygens (including phenoxy) is 1. The summed E-state index contributed by atoms with van der Waals surface area (Å²) in [6.07, 6.45) is -7.04. The first kappa shape index (κ1) is 22.4. The molecular weight excluding hydrogens is 335 g/mol. The smallest absolute Gasteiger partial charge is 0.464 e. The number of aliphatic hydroxyl groups excluding tert-OH is 4. The van der Waals surface area contributed by atoms with Crippen LogP contribution in [0.5, 0.6) is 0 Å². The lowest BCUT2D eigenvalue weighted by molar-refractivity contribution is -0.170. The molecule has 0 aromatic rings. The standard InChI is InChI=1S/C12H25O10P/c1-3-5-20-12(17)11(16)10(15)9(14)8(13)7-22-23(18,19)21-6-4-2/h8-11,13-16H,3-7H2,1-2H3,(H,18,19)/t8-,9-,10+,11-/m1/s1. The van der Waals surface area contributed by atoms with Gasteiger partial charge in [0.1, 0.15) is 18.3 Å². The average Bonchev–Trinajstić information content (AvgIpc) is 2.53. The Kier molecular flexibility index (Phi) is 10.8. The second kappa shape index (κ2) is 11.1. The molecule has 0 saturated carbocycles. The van der Waals surface area contributed by atoms with E-state index in [1.807, 2.05) is 0 Å². The molecular formula is C12H25O10P. The highest BCUT2D eigenvalue weighted by Gasteiger charge is 2.36. The van der Waals surface area contributed by atoms with Crippen LogP contribution in [-0.2, 0) is 23.1 Å². The fourth-order valence-corrected chi connectivity index (χ4v) is 2.18. The number of hydrogen-bond donors (Lipinski definition) is 5. The molecule has 5 N–H and O–H groups in total. The van der Waals surface area contributed by atoms with Gasteiger partial charge in [-0.15, -0.1) is 0 Å². The van der Waals surface area contributed by atoms with Crippen LogP contribution < -0.4 is 0 Å². The summed E-state index contributed by atoms with van der Waals surface area (Å²) in [6.45, 7) is 2.55. The number of carbonyl (C=O) groups is 1. The van der Waals surface area contributed by atoms with Crippen molar-refractivity contribution in [1.82, 2.24) is 0 Å². The fourth-order valence-electron chi connectivity index (χ4n) is 1.35. The van der Waals surface area contributed by atoms with Crippen molar-refractivity contribution < 1.29 is 48.5 Å². The number of carbonyl (C=O) groups excluding carboxylic acids is 1. The maximum Gasteiger partial charge on any atom is 0.472 e. The summed E-state index contributed by atoms with van der Waals surface area (Å²) in [4.78, 5) is 20.6. The predicted molar refractivity (Wildman–Crippen MR) is 77.3 cm³/mol. The molecule has 1 unspecified atom stereocenters. The van der Waals surface area contributed by atoms with Crippen molar-refractivity contribution in [3.63, 3.8) is 0 Å². The van der Waals surface area contributed by atoms with Gasteiger partial charge in [-0.2, -0.15) is 0 Å². The van der Waals surface area contributed by atoms with E-state index >= 15 is 0 Å². The SMILES string of the molecule is CCCOC(=O)[C@H](O)[C@@H](O)[C@H](O)[C@H](O)COP(=O)(O)OCCC. The maximum absolute atomic E-state index is 11.4. The Bertz CT molecular complexity index is 390. The van der Waals surface area contributed by atoms with Crippen LogP contribution in [0.1, 0.15) is 26.7 Å². The molecule has 138 valence electrons. The van der Waals surface area contributed by atoms with Gasteiger partial charge in [0.05, 0.1) is 19.8 Å². The van der Waals surface area contributed by atoms with Gasteiger partial charge in [-0.05, 0) is 12.8 Å². The minimum absolute atomic E-state index is 0.0207. The first-order valence-corrected chi connectivity index (χ1v) is 8.66. The lowest BCUT2D eigenvalue weighted by Gasteiger charge is -2.25. The Labute approximate surface area is 134 Å². The van der Waals surface area contributed by atoms with Gasteiger partial charge in [-0.1, -0.05) is 13.8 Å². The monoisotopic (exact) mass is 360 g/mol. The zero-order chi connectivity index (χ0) is 18.0. The molecule has 0 amide bonds. The van der Waals surface area contributed by atoms with Gasteiger partial charge in [-0.25, -0.2) is 9.36 Å². The fraction of sp³-hybridized carbons (Fsp3) is 0.917. The molecule has 0 heterocycles. The predicted octanol–water partition coefficient (Wildman–Crippen LogP) is -1.07. The molecule has 0 aliphatic carbocycles. The van der Waals surface area contributed by atoms with Crippen LogP contribution in [0.2, 0.25) is 0 Å². The average molecular weight is 360 g/mol. The number of phosphoric acid groups is 1. The highest BCUT2D eigenvalue weighted by molar-refractivity contribution is 7.47. The summed E-state index contributed by atoms with van der Waals surface area (Å²) in [5, 5.41) is 38.4. The molecule has 0 saturated heterocycles. The van der Waals surface area contributed by atoms with Crippen LogP contribution >= 0.6 is 7.82 Å². The van der Waals surface area contributed by atoms with E-state index in [1.54, 1.807) is 13.8 Å². The summed E-state index contributed by atoms with van der Waals surface area (Å²) >= 11 is 0. The molecule has 10 nitrogen and oxygen atoms in total. The Hall–Kier alpha value is -0.580. The van der Waals surface area contributed by atoms with Crippen LogP contribution in [0.3, 0.4) is 0 Å². The van der Waals surface area contributed by atoms with E-state index in [-0.39, 0.29) is 13.2 Å². The summed E-state index contributed by atoms with van der Waals surface area (Å²) in [6, 6.07) is 0. The van der Waals surface area contributed by atoms with Gasteiger partial charge in [0.2, 0.25) is 0 Å². The number of aliphatic hydroxyl groups is 4. The third-order valence-electron chi connectivity index (χ3n) is 2.62. The molecule has 0 aliphatic rings. The Balaban J connectivity index is 4.43. The van der Waals surface area contributed by atoms with Crippen LogP contribution in [-0.4, -0.2) is 75.5 Å². The molecule has 0 spiro atoms. The first-order valence-electron chi connectivity index (χ1n) is 7.17. The van der Waals surface area contributed by atoms with Crippen molar-refractivity contribution >= 4 is 13.8 Å². The third-order valence-corrected chi connectivity index (χ3v) is 3.61. The van der Waals surface area contributed by atoms with Crippen LogP contribution in [0.4, 0.5) is 0 Å². The number of rotatable bonds is 12. The lowest BCUT2D eigenvalue weighted by Crippen LogP contribution is -2.49. The maximum atomic E-state index is 11.4. The second-order valence-corrected chi connectivity index (χ2v) is 6.21. The largest absolute Gasteiger partial charge is 0.472 e. The van der Waals surface area contributed by atoms with Gasteiger partial charge in [0.25, 0.3) is 0 Å². The van der Waals surface area contributed by atoms with Crippen molar-refractivity contribution in [3.05, 3.63) is 0 Å². The summed E-state index contributed by atoms with van der Waals surface area (Å²) < 4.78 is 24.9. The summed E-state index contributed by atoms with van der Waals surface area (Å²) in [5.74, 6) is -1.16. The van der Waals surface area contributed by atoms with E-state index in [1.165, 1.54) is 0 Å². The van der Waals surface area contributed by atoms with E-state index in [2.05, 4.69) is 13.8 Å². The normalized spacial score (nSPS) is 19.4. The summed E-state index contributed by atoms with van der Waals surface area (Å²) in [7, 11) is -4.40. The van der Waals surface area contributed by atoms with Gasteiger partial charge < -0.3 is 30.1 Å². The third kappa shape index (κ3) is 8.73. The van der Waals surface area contributed by atoms with Crippen molar-refractivity contribution in [2.24, 2.45) is 0 Å². The van der Waals surface area contributed by atoms with Gasteiger partial charge in [0.15, 0.2) is 6.10 Å². The van der Waals surface area contributed by atoms with Crippen LogP contribution in [0.25, 0.3) is 0 Å². The molecule has 0 bridgehead atoms.